The highest BCUT2D eigenvalue weighted by atomic mass is 16.7. The second-order valence-electron chi connectivity index (χ2n) is 10.9. The average molecular weight is 516 g/mol. The third kappa shape index (κ3) is 5.18. The highest BCUT2D eigenvalue weighted by molar-refractivity contribution is 5.91. The van der Waals surface area contributed by atoms with Gasteiger partial charge in [0.15, 0.2) is 17.3 Å². The minimum atomic E-state index is 0.0161. The second-order valence-corrected chi connectivity index (χ2v) is 10.9. The highest BCUT2D eigenvalue weighted by Gasteiger charge is 2.34. The SMILES string of the molecule is C[C@@H]1CN(C2CCN(C(=O)c3ccco3)CC2)CCN1[C@@H](C)c1ccc(Cc2ccc3c(c2)OCO3)cc1. The normalized spacial score (nSPS) is 21.5. The van der Waals surface area contributed by atoms with E-state index in [0.717, 1.165) is 63.5 Å². The van der Waals surface area contributed by atoms with Crippen molar-refractivity contribution in [1.29, 1.82) is 0 Å². The van der Waals surface area contributed by atoms with E-state index in [-0.39, 0.29) is 5.91 Å². The van der Waals surface area contributed by atoms with Crippen molar-refractivity contribution in [1.82, 2.24) is 14.7 Å². The Morgan fingerprint density at radius 1 is 0.947 bits per heavy atom. The molecule has 7 heteroatoms. The van der Waals surface area contributed by atoms with Gasteiger partial charge in [0.2, 0.25) is 6.79 Å². The van der Waals surface area contributed by atoms with Gasteiger partial charge in [-0.2, -0.15) is 0 Å². The summed E-state index contributed by atoms with van der Waals surface area (Å²) < 4.78 is 16.3. The minimum absolute atomic E-state index is 0.0161. The minimum Gasteiger partial charge on any atom is -0.459 e. The number of amides is 1. The fourth-order valence-electron chi connectivity index (χ4n) is 6.29. The van der Waals surface area contributed by atoms with Crippen molar-refractivity contribution in [3.8, 4) is 11.5 Å². The van der Waals surface area contributed by atoms with Gasteiger partial charge in [0.25, 0.3) is 5.91 Å². The molecule has 4 heterocycles. The zero-order valence-electron chi connectivity index (χ0n) is 22.3. The van der Waals surface area contributed by atoms with Gasteiger partial charge >= 0.3 is 0 Å². The molecule has 2 aromatic carbocycles. The molecule has 2 saturated heterocycles. The smallest absolute Gasteiger partial charge is 0.289 e. The summed E-state index contributed by atoms with van der Waals surface area (Å²) in [5.41, 5.74) is 3.90. The number of hydrogen-bond acceptors (Lipinski definition) is 6. The molecule has 200 valence electrons. The summed E-state index contributed by atoms with van der Waals surface area (Å²) in [6.45, 7) is 9.81. The summed E-state index contributed by atoms with van der Waals surface area (Å²) >= 11 is 0. The molecule has 7 nitrogen and oxygen atoms in total. The van der Waals surface area contributed by atoms with E-state index >= 15 is 0 Å². The van der Waals surface area contributed by atoms with Gasteiger partial charge in [-0.1, -0.05) is 30.3 Å². The number of rotatable bonds is 6. The number of carbonyl (C=O) groups is 1. The maximum atomic E-state index is 12.6. The molecule has 0 bridgehead atoms. The van der Waals surface area contributed by atoms with Gasteiger partial charge in [0.05, 0.1) is 6.26 Å². The molecule has 0 aliphatic carbocycles. The van der Waals surface area contributed by atoms with Crippen LogP contribution in [0.25, 0.3) is 0 Å². The lowest BCUT2D eigenvalue weighted by atomic mass is 9.97. The van der Waals surface area contributed by atoms with Crippen LogP contribution in [0, 0.1) is 0 Å². The quantitative estimate of drug-likeness (QED) is 0.462. The summed E-state index contributed by atoms with van der Waals surface area (Å²) in [5, 5.41) is 0. The second kappa shape index (κ2) is 10.8. The summed E-state index contributed by atoms with van der Waals surface area (Å²) in [7, 11) is 0. The van der Waals surface area contributed by atoms with Gasteiger partial charge in [0.1, 0.15) is 0 Å². The van der Waals surface area contributed by atoms with E-state index in [4.69, 9.17) is 13.9 Å². The Bertz CT molecular complexity index is 1230. The molecule has 2 atom stereocenters. The maximum absolute atomic E-state index is 12.6. The van der Waals surface area contributed by atoms with Crippen molar-refractivity contribution in [2.24, 2.45) is 0 Å². The predicted octanol–water partition coefficient (Wildman–Crippen LogP) is 4.97. The fourth-order valence-corrected chi connectivity index (χ4v) is 6.29. The van der Waals surface area contributed by atoms with Crippen molar-refractivity contribution in [2.75, 3.05) is 39.5 Å². The third-order valence-corrected chi connectivity index (χ3v) is 8.52. The number of piperazine rings is 1. The number of likely N-dealkylation sites (tertiary alicyclic amines) is 1. The molecular formula is C31H37N3O4. The predicted molar refractivity (Wildman–Crippen MR) is 146 cm³/mol. The van der Waals surface area contributed by atoms with Gasteiger partial charge in [-0.15, -0.1) is 0 Å². The number of carbonyl (C=O) groups excluding carboxylic acids is 1. The molecule has 3 aliphatic rings. The Labute approximate surface area is 224 Å². The van der Waals surface area contributed by atoms with Gasteiger partial charge in [-0.05, 0) is 74.1 Å². The molecule has 6 rings (SSSR count). The zero-order valence-corrected chi connectivity index (χ0v) is 22.3. The molecule has 0 unspecified atom stereocenters. The van der Waals surface area contributed by atoms with Crippen molar-refractivity contribution in [3.05, 3.63) is 83.3 Å². The van der Waals surface area contributed by atoms with Crippen molar-refractivity contribution < 1.29 is 18.7 Å². The van der Waals surface area contributed by atoms with Crippen LogP contribution >= 0.6 is 0 Å². The summed E-state index contributed by atoms with van der Waals surface area (Å²) in [4.78, 5) is 19.8. The zero-order chi connectivity index (χ0) is 26.1. The van der Waals surface area contributed by atoms with Crippen LogP contribution in [0.15, 0.2) is 65.3 Å². The Morgan fingerprint density at radius 2 is 1.71 bits per heavy atom. The van der Waals surface area contributed by atoms with Gasteiger partial charge in [-0.3, -0.25) is 14.6 Å². The largest absolute Gasteiger partial charge is 0.459 e. The van der Waals surface area contributed by atoms with Crippen LogP contribution in [0.3, 0.4) is 0 Å². The summed E-state index contributed by atoms with van der Waals surface area (Å²) in [6, 6.07) is 20.2. The van der Waals surface area contributed by atoms with E-state index in [1.165, 1.54) is 16.7 Å². The number of furan rings is 1. The van der Waals surface area contributed by atoms with Crippen LogP contribution in [-0.4, -0.2) is 72.2 Å². The lowest BCUT2D eigenvalue weighted by molar-refractivity contribution is 0.0130. The molecule has 3 aliphatic heterocycles. The van der Waals surface area contributed by atoms with E-state index in [1.54, 1.807) is 18.4 Å². The van der Waals surface area contributed by atoms with E-state index in [1.807, 2.05) is 11.0 Å². The van der Waals surface area contributed by atoms with Gasteiger partial charge in [0, 0.05) is 50.8 Å². The monoisotopic (exact) mass is 515 g/mol. The molecule has 0 radical (unpaired) electrons. The fraction of sp³-hybridized carbons (Fsp3) is 0.452. The molecular weight excluding hydrogens is 478 g/mol. The molecule has 38 heavy (non-hydrogen) atoms. The number of piperidine rings is 1. The van der Waals surface area contributed by atoms with Crippen LogP contribution in [0.4, 0.5) is 0 Å². The lowest BCUT2D eigenvalue weighted by Crippen LogP contribution is -2.57. The molecule has 0 saturated carbocycles. The molecule has 3 aromatic rings. The van der Waals surface area contributed by atoms with E-state index < -0.39 is 0 Å². The molecule has 0 spiro atoms. The number of hydrogen-bond donors (Lipinski definition) is 0. The molecule has 1 aromatic heterocycles. The van der Waals surface area contributed by atoms with Crippen LogP contribution in [0.1, 0.15) is 60.0 Å². The molecule has 1 amide bonds. The summed E-state index contributed by atoms with van der Waals surface area (Å²) in [6.07, 6.45) is 4.50. The van der Waals surface area contributed by atoms with Crippen molar-refractivity contribution in [2.45, 2.75) is 51.2 Å². The van der Waals surface area contributed by atoms with Crippen LogP contribution in [0.5, 0.6) is 11.5 Å². The lowest BCUT2D eigenvalue weighted by Gasteiger charge is -2.47. The topological polar surface area (TPSA) is 58.4 Å². The third-order valence-electron chi connectivity index (χ3n) is 8.52. The Hall–Kier alpha value is -3.29. The Morgan fingerprint density at radius 3 is 2.45 bits per heavy atom. The standard InChI is InChI=1S/C31H37N3O4/c1-22-20-33(27-11-13-32(14-12-27)31(35)29-4-3-17-36-29)15-16-34(22)23(2)26-8-5-24(6-9-26)18-25-7-10-28-30(19-25)38-21-37-28/h3-10,17,19,22-23,27H,11-16,18,20-21H2,1-2H3/t22-,23+/m1/s1. The van der Waals surface area contributed by atoms with E-state index in [2.05, 4.69) is 60.0 Å². The van der Waals surface area contributed by atoms with Gasteiger partial charge in [-0.25, -0.2) is 0 Å². The van der Waals surface area contributed by atoms with E-state index in [9.17, 15) is 4.79 Å². The number of nitrogens with zero attached hydrogens (tertiary/aromatic N) is 3. The molecule has 2 fully saturated rings. The Balaban J connectivity index is 1.01. The summed E-state index contributed by atoms with van der Waals surface area (Å²) in [5.74, 6) is 2.13. The molecule has 0 N–H and O–H groups in total. The number of fused-ring (bicyclic) bond motifs is 1. The van der Waals surface area contributed by atoms with E-state index in [0.29, 0.717) is 30.7 Å². The first-order valence-electron chi connectivity index (χ1n) is 13.8. The highest BCUT2D eigenvalue weighted by Crippen LogP contribution is 2.33. The first kappa shape index (κ1) is 25.0. The van der Waals surface area contributed by atoms with Crippen LogP contribution in [-0.2, 0) is 6.42 Å². The maximum Gasteiger partial charge on any atom is 0.289 e. The van der Waals surface area contributed by atoms with Crippen molar-refractivity contribution >= 4 is 5.91 Å². The average Bonchev–Trinajstić information content (AvgIpc) is 3.65. The van der Waals surface area contributed by atoms with Crippen LogP contribution < -0.4 is 9.47 Å². The van der Waals surface area contributed by atoms with Crippen molar-refractivity contribution in [3.63, 3.8) is 0 Å². The van der Waals surface area contributed by atoms with Gasteiger partial charge < -0.3 is 18.8 Å². The number of ether oxygens (including phenoxy) is 2. The first-order chi connectivity index (χ1) is 18.5. The number of benzene rings is 2. The Kier molecular flexibility index (Phi) is 7.13. The van der Waals surface area contributed by atoms with Crippen LogP contribution in [0.2, 0.25) is 0 Å². The first-order valence-corrected chi connectivity index (χ1v) is 13.8.